The molecule has 0 aliphatic carbocycles. The first-order valence-corrected chi connectivity index (χ1v) is 4.63. The van der Waals surface area contributed by atoms with Gasteiger partial charge in [-0.25, -0.2) is 13.1 Å². The lowest BCUT2D eigenvalue weighted by atomic mass is 10.4. The number of aliphatic hydroxyl groups is 1. The Morgan fingerprint density at radius 1 is 1.29 bits per heavy atom. The number of aliphatic hydroxyl groups excluding tert-OH is 1. The van der Waals surface area contributed by atoms with E-state index in [1.807, 2.05) is 0 Å². The fourth-order valence-electron chi connectivity index (χ4n) is 0.374. The van der Waals surface area contributed by atoms with Crippen molar-refractivity contribution in [2.45, 2.75) is 18.0 Å². The van der Waals surface area contributed by atoms with Gasteiger partial charge in [-0.05, 0) is 0 Å². The maximum Gasteiger partial charge on any atom is 0.415 e. The van der Waals surface area contributed by atoms with E-state index < -0.39 is 34.6 Å². The van der Waals surface area contributed by atoms with Gasteiger partial charge < -0.3 is 5.11 Å². The predicted octanol–water partition coefficient (Wildman–Crippen LogP) is 0.0516. The second-order valence-electron chi connectivity index (χ2n) is 2.21. The van der Waals surface area contributed by atoms with Crippen molar-refractivity contribution in [3.8, 4) is 0 Å². The minimum absolute atomic E-state index is 0.917. The summed E-state index contributed by atoms with van der Waals surface area (Å²) in [5.74, 6) is -3.83. The lowest BCUT2D eigenvalue weighted by molar-refractivity contribution is -0.200. The van der Waals surface area contributed by atoms with Gasteiger partial charge in [-0.15, -0.1) is 0 Å². The highest BCUT2D eigenvalue weighted by Gasteiger charge is 2.39. The summed E-state index contributed by atoms with van der Waals surface area (Å²) in [5, 5.41) is 8.23. The summed E-state index contributed by atoms with van der Waals surface area (Å²) in [6.07, 6.45) is -8.05. The van der Waals surface area contributed by atoms with Gasteiger partial charge in [-0.1, -0.05) is 0 Å². The Morgan fingerprint density at radius 3 is 2.00 bits per heavy atom. The lowest BCUT2D eigenvalue weighted by Gasteiger charge is -2.14. The SMILES string of the molecule is O=S(=O)(NCC(O)C(F)(F)F)C(F)F. The zero-order chi connectivity index (χ0) is 11.6. The van der Waals surface area contributed by atoms with Crippen molar-refractivity contribution in [1.29, 1.82) is 0 Å². The molecule has 1 atom stereocenters. The molecular formula is C4H6F5NO3S. The first kappa shape index (κ1) is 13.5. The quantitative estimate of drug-likeness (QED) is 0.686. The van der Waals surface area contributed by atoms with Crippen molar-refractivity contribution in [1.82, 2.24) is 4.72 Å². The molecule has 0 spiro atoms. The fourth-order valence-corrected chi connectivity index (χ4v) is 0.890. The molecule has 0 aliphatic heterocycles. The second-order valence-corrected chi connectivity index (χ2v) is 3.95. The second kappa shape index (κ2) is 4.36. The van der Waals surface area contributed by atoms with Gasteiger partial charge in [-0.3, -0.25) is 0 Å². The Kier molecular flexibility index (Phi) is 4.21. The van der Waals surface area contributed by atoms with Crippen molar-refractivity contribution in [2.24, 2.45) is 0 Å². The van der Waals surface area contributed by atoms with Gasteiger partial charge >= 0.3 is 11.9 Å². The van der Waals surface area contributed by atoms with E-state index in [0.29, 0.717) is 0 Å². The van der Waals surface area contributed by atoms with E-state index in [4.69, 9.17) is 5.11 Å². The third kappa shape index (κ3) is 4.15. The van der Waals surface area contributed by atoms with Crippen molar-refractivity contribution < 1.29 is 35.5 Å². The molecule has 0 aliphatic rings. The number of sulfonamides is 1. The molecule has 0 rings (SSSR count). The number of rotatable bonds is 4. The van der Waals surface area contributed by atoms with Gasteiger partial charge in [0.2, 0.25) is 0 Å². The van der Waals surface area contributed by atoms with E-state index in [-0.39, 0.29) is 0 Å². The summed E-state index contributed by atoms with van der Waals surface area (Å²) >= 11 is 0. The number of nitrogens with one attached hydrogen (secondary N) is 1. The predicted molar refractivity (Wildman–Crippen MR) is 35.0 cm³/mol. The van der Waals surface area contributed by atoms with E-state index in [1.165, 1.54) is 0 Å². The van der Waals surface area contributed by atoms with Gasteiger partial charge in [0, 0.05) is 6.54 Å². The third-order valence-electron chi connectivity index (χ3n) is 1.09. The van der Waals surface area contributed by atoms with E-state index in [1.54, 1.807) is 0 Å². The summed E-state index contributed by atoms with van der Waals surface area (Å²) in [4.78, 5) is 0. The molecular weight excluding hydrogens is 237 g/mol. The molecule has 0 fully saturated rings. The van der Waals surface area contributed by atoms with Crippen molar-refractivity contribution in [2.75, 3.05) is 6.54 Å². The summed E-state index contributed by atoms with van der Waals surface area (Å²) < 4.78 is 79.1. The van der Waals surface area contributed by atoms with Gasteiger partial charge in [0.25, 0.3) is 10.0 Å². The number of hydrogen-bond donors (Lipinski definition) is 2. The van der Waals surface area contributed by atoms with Gasteiger partial charge in [0.1, 0.15) is 0 Å². The van der Waals surface area contributed by atoms with Crippen LogP contribution >= 0.6 is 0 Å². The number of hydrogen-bond acceptors (Lipinski definition) is 3. The summed E-state index contributed by atoms with van der Waals surface area (Å²) in [7, 11) is -5.10. The van der Waals surface area contributed by atoms with Crippen molar-refractivity contribution in [3.63, 3.8) is 0 Å². The molecule has 14 heavy (non-hydrogen) atoms. The van der Waals surface area contributed by atoms with Crippen LogP contribution in [0, 0.1) is 0 Å². The van der Waals surface area contributed by atoms with Crippen LogP contribution in [0.25, 0.3) is 0 Å². The summed E-state index contributed by atoms with van der Waals surface area (Å²) in [5.41, 5.74) is 0. The normalized spacial score (nSPS) is 15.9. The molecule has 0 saturated carbocycles. The standard InChI is InChI=1S/C4H6F5NO3S/c5-3(6)14(12,13)10-1-2(11)4(7,8)9/h2-3,10-11H,1H2. The Morgan fingerprint density at radius 2 is 1.71 bits per heavy atom. The molecule has 0 bridgehead atoms. The zero-order valence-corrected chi connectivity index (χ0v) is 7.24. The highest BCUT2D eigenvalue weighted by atomic mass is 32.2. The Bertz CT molecular complexity index is 273. The average molecular weight is 243 g/mol. The highest BCUT2D eigenvalue weighted by Crippen LogP contribution is 2.19. The summed E-state index contributed by atoms with van der Waals surface area (Å²) in [6.45, 7) is -1.53. The molecule has 0 amide bonds. The maximum atomic E-state index is 11.6. The minimum atomic E-state index is -5.10. The molecule has 0 aromatic rings. The lowest BCUT2D eigenvalue weighted by Crippen LogP contribution is -2.42. The van der Waals surface area contributed by atoms with E-state index in [0.717, 1.165) is 4.72 Å². The van der Waals surface area contributed by atoms with Crippen molar-refractivity contribution in [3.05, 3.63) is 0 Å². The Balaban J connectivity index is 4.22. The number of halogens is 5. The highest BCUT2D eigenvalue weighted by molar-refractivity contribution is 7.89. The molecule has 1 unspecified atom stereocenters. The van der Waals surface area contributed by atoms with E-state index >= 15 is 0 Å². The zero-order valence-electron chi connectivity index (χ0n) is 6.42. The largest absolute Gasteiger partial charge is 0.415 e. The maximum absolute atomic E-state index is 11.6. The smallest absolute Gasteiger partial charge is 0.382 e. The van der Waals surface area contributed by atoms with Crippen LogP contribution in [0.2, 0.25) is 0 Å². The molecule has 2 N–H and O–H groups in total. The van der Waals surface area contributed by atoms with Crippen molar-refractivity contribution >= 4 is 10.0 Å². The van der Waals surface area contributed by atoms with Gasteiger partial charge in [0.05, 0.1) is 0 Å². The molecule has 0 aromatic heterocycles. The van der Waals surface area contributed by atoms with Crippen LogP contribution < -0.4 is 4.72 Å². The van der Waals surface area contributed by atoms with Crippen LogP contribution in [-0.2, 0) is 10.0 Å². The Labute approximate surface area is 75.8 Å². The van der Waals surface area contributed by atoms with Crippen LogP contribution in [0.1, 0.15) is 0 Å². The topological polar surface area (TPSA) is 66.4 Å². The molecule has 0 heterocycles. The van der Waals surface area contributed by atoms with Crippen LogP contribution in [0.3, 0.4) is 0 Å². The minimum Gasteiger partial charge on any atom is -0.382 e. The third-order valence-corrected chi connectivity index (χ3v) is 2.13. The molecule has 10 heteroatoms. The average Bonchev–Trinajstić information content (AvgIpc) is 1.98. The van der Waals surface area contributed by atoms with E-state index in [2.05, 4.69) is 0 Å². The van der Waals surface area contributed by atoms with Crippen LogP contribution in [0.4, 0.5) is 22.0 Å². The van der Waals surface area contributed by atoms with Crippen LogP contribution in [-0.4, -0.2) is 38.1 Å². The fraction of sp³-hybridized carbons (Fsp3) is 1.00. The summed E-state index contributed by atoms with van der Waals surface area (Å²) in [6, 6.07) is 0. The molecule has 0 radical (unpaired) electrons. The van der Waals surface area contributed by atoms with E-state index in [9.17, 15) is 30.4 Å². The molecule has 4 nitrogen and oxygen atoms in total. The van der Waals surface area contributed by atoms with Crippen LogP contribution in [0.5, 0.6) is 0 Å². The first-order valence-electron chi connectivity index (χ1n) is 3.09. The molecule has 0 aromatic carbocycles. The monoisotopic (exact) mass is 243 g/mol. The Hall–Kier alpha value is -0.480. The van der Waals surface area contributed by atoms with Gasteiger partial charge in [0.15, 0.2) is 6.10 Å². The first-order chi connectivity index (χ1) is 6.07. The molecule has 86 valence electrons. The van der Waals surface area contributed by atoms with Gasteiger partial charge in [-0.2, -0.15) is 22.0 Å². The van der Waals surface area contributed by atoms with Crippen LogP contribution in [0.15, 0.2) is 0 Å². The molecule has 0 saturated heterocycles. The number of alkyl halides is 5.